The summed E-state index contributed by atoms with van der Waals surface area (Å²) < 4.78 is 0. The summed E-state index contributed by atoms with van der Waals surface area (Å²) in [5, 5.41) is 0. The largest absolute Gasteiger partial charge is 0.341 e. The number of hydrogen-bond donors (Lipinski definition) is 0. The first kappa shape index (κ1) is 13.4. The Morgan fingerprint density at radius 2 is 1.95 bits per heavy atom. The SMILES string of the molecule is CC1CCCCN1C1CN(CCN2CCCC2=O)C1. The fraction of sp³-hybridized carbons (Fsp3) is 0.933. The maximum Gasteiger partial charge on any atom is 0.222 e. The monoisotopic (exact) mass is 265 g/mol. The maximum absolute atomic E-state index is 11.5. The van der Waals surface area contributed by atoms with E-state index in [4.69, 9.17) is 0 Å². The predicted molar refractivity (Wildman–Crippen MR) is 76.1 cm³/mol. The molecule has 0 radical (unpaired) electrons. The topological polar surface area (TPSA) is 26.8 Å². The smallest absolute Gasteiger partial charge is 0.222 e. The summed E-state index contributed by atoms with van der Waals surface area (Å²) in [6, 6.07) is 1.56. The molecule has 0 aromatic rings. The summed E-state index contributed by atoms with van der Waals surface area (Å²) in [5.41, 5.74) is 0. The van der Waals surface area contributed by atoms with E-state index in [9.17, 15) is 4.79 Å². The van der Waals surface area contributed by atoms with Gasteiger partial charge < -0.3 is 4.90 Å². The van der Waals surface area contributed by atoms with E-state index in [1.165, 1.54) is 38.9 Å². The highest BCUT2D eigenvalue weighted by molar-refractivity contribution is 5.78. The molecule has 108 valence electrons. The van der Waals surface area contributed by atoms with Crippen LogP contribution in [0.4, 0.5) is 0 Å². The number of amides is 1. The molecular weight excluding hydrogens is 238 g/mol. The molecule has 0 N–H and O–H groups in total. The van der Waals surface area contributed by atoms with Gasteiger partial charge in [0.25, 0.3) is 0 Å². The van der Waals surface area contributed by atoms with Crippen LogP contribution in [-0.2, 0) is 4.79 Å². The molecule has 3 aliphatic heterocycles. The van der Waals surface area contributed by atoms with E-state index in [0.29, 0.717) is 5.91 Å². The van der Waals surface area contributed by atoms with E-state index in [1.807, 2.05) is 4.90 Å². The number of piperidine rings is 1. The van der Waals surface area contributed by atoms with Gasteiger partial charge in [0.2, 0.25) is 5.91 Å². The van der Waals surface area contributed by atoms with Gasteiger partial charge in [-0.25, -0.2) is 0 Å². The summed E-state index contributed by atoms with van der Waals surface area (Å²) in [6.45, 7) is 9.11. The standard InChI is InChI=1S/C15H27N3O/c1-13-5-2-3-8-18(13)14-11-16(12-14)9-10-17-7-4-6-15(17)19/h13-14H,2-12H2,1H3. The quantitative estimate of drug-likeness (QED) is 0.763. The molecule has 1 unspecified atom stereocenters. The van der Waals surface area contributed by atoms with E-state index < -0.39 is 0 Å². The molecule has 0 aromatic heterocycles. The molecule has 3 heterocycles. The lowest BCUT2D eigenvalue weighted by Crippen LogP contribution is -2.62. The number of carbonyl (C=O) groups excluding carboxylic acids is 1. The lowest BCUT2D eigenvalue weighted by Gasteiger charge is -2.49. The Kier molecular flexibility index (Phi) is 4.08. The highest BCUT2D eigenvalue weighted by Crippen LogP contribution is 2.24. The summed E-state index contributed by atoms with van der Waals surface area (Å²) in [5.74, 6) is 0.363. The third-order valence-electron chi connectivity index (χ3n) is 5.12. The molecule has 3 fully saturated rings. The lowest BCUT2D eigenvalue weighted by molar-refractivity contribution is -0.128. The van der Waals surface area contributed by atoms with Crippen LogP contribution in [0, 0.1) is 0 Å². The minimum absolute atomic E-state index is 0.363. The predicted octanol–water partition coefficient (Wildman–Crippen LogP) is 1.17. The summed E-state index contributed by atoms with van der Waals surface area (Å²) >= 11 is 0. The number of nitrogens with zero attached hydrogens (tertiary/aromatic N) is 3. The zero-order valence-corrected chi connectivity index (χ0v) is 12.2. The normalized spacial score (nSPS) is 30.9. The van der Waals surface area contributed by atoms with Crippen molar-refractivity contribution in [1.29, 1.82) is 0 Å². The van der Waals surface area contributed by atoms with Crippen molar-refractivity contribution >= 4 is 5.91 Å². The Hall–Kier alpha value is -0.610. The van der Waals surface area contributed by atoms with Gasteiger partial charge in [0, 0.05) is 51.2 Å². The van der Waals surface area contributed by atoms with Crippen LogP contribution in [0.5, 0.6) is 0 Å². The van der Waals surface area contributed by atoms with Gasteiger partial charge in [-0.1, -0.05) is 6.42 Å². The van der Waals surface area contributed by atoms with Crippen molar-refractivity contribution < 1.29 is 4.79 Å². The average molecular weight is 265 g/mol. The zero-order valence-electron chi connectivity index (χ0n) is 12.2. The number of carbonyl (C=O) groups is 1. The van der Waals surface area contributed by atoms with E-state index in [2.05, 4.69) is 16.7 Å². The van der Waals surface area contributed by atoms with Gasteiger partial charge in [0.1, 0.15) is 0 Å². The Balaban J connectivity index is 1.37. The second-order valence-corrected chi connectivity index (χ2v) is 6.48. The van der Waals surface area contributed by atoms with Crippen molar-refractivity contribution in [1.82, 2.24) is 14.7 Å². The fourth-order valence-electron chi connectivity index (χ4n) is 3.80. The van der Waals surface area contributed by atoms with Crippen LogP contribution in [0.25, 0.3) is 0 Å². The minimum Gasteiger partial charge on any atom is -0.341 e. The summed E-state index contributed by atoms with van der Waals surface area (Å²) in [6.07, 6.45) is 5.99. The molecule has 0 aliphatic carbocycles. The Labute approximate surface area is 116 Å². The van der Waals surface area contributed by atoms with Crippen molar-refractivity contribution in [3.8, 4) is 0 Å². The lowest BCUT2D eigenvalue weighted by atomic mass is 9.97. The van der Waals surface area contributed by atoms with Gasteiger partial charge in [-0.15, -0.1) is 0 Å². The third-order valence-corrected chi connectivity index (χ3v) is 5.12. The third kappa shape index (κ3) is 2.95. The van der Waals surface area contributed by atoms with E-state index in [-0.39, 0.29) is 0 Å². The van der Waals surface area contributed by atoms with Crippen LogP contribution in [-0.4, -0.2) is 72.0 Å². The van der Waals surface area contributed by atoms with Crippen LogP contribution in [0.15, 0.2) is 0 Å². The van der Waals surface area contributed by atoms with Crippen molar-refractivity contribution in [2.75, 3.05) is 39.3 Å². The zero-order chi connectivity index (χ0) is 13.2. The van der Waals surface area contributed by atoms with Gasteiger partial charge in [0.05, 0.1) is 0 Å². The first-order valence-electron chi connectivity index (χ1n) is 8.00. The molecule has 0 aromatic carbocycles. The average Bonchev–Trinajstić information content (AvgIpc) is 2.75. The molecule has 3 rings (SSSR count). The second-order valence-electron chi connectivity index (χ2n) is 6.48. The van der Waals surface area contributed by atoms with Gasteiger partial charge in [-0.05, 0) is 32.7 Å². The molecule has 1 amide bonds. The molecule has 19 heavy (non-hydrogen) atoms. The van der Waals surface area contributed by atoms with Crippen molar-refractivity contribution in [2.24, 2.45) is 0 Å². The first-order chi connectivity index (χ1) is 9.24. The van der Waals surface area contributed by atoms with Crippen LogP contribution in [0.1, 0.15) is 39.0 Å². The van der Waals surface area contributed by atoms with Gasteiger partial charge in [0.15, 0.2) is 0 Å². The van der Waals surface area contributed by atoms with Gasteiger partial charge in [-0.2, -0.15) is 0 Å². The molecule has 0 spiro atoms. The second kappa shape index (κ2) is 5.80. The highest BCUT2D eigenvalue weighted by Gasteiger charge is 2.35. The van der Waals surface area contributed by atoms with Crippen LogP contribution in [0.2, 0.25) is 0 Å². The Bertz CT molecular complexity index is 327. The first-order valence-corrected chi connectivity index (χ1v) is 8.00. The number of hydrogen-bond acceptors (Lipinski definition) is 3. The fourth-order valence-corrected chi connectivity index (χ4v) is 3.80. The van der Waals surface area contributed by atoms with E-state index in [1.54, 1.807) is 0 Å². The molecule has 3 saturated heterocycles. The number of likely N-dealkylation sites (tertiary alicyclic amines) is 3. The molecule has 0 saturated carbocycles. The molecule has 0 bridgehead atoms. The summed E-state index contributed by atoms with van der Waals surface area (Å²) in [4.78, 5) is 18.8. The van der Waals surface area contributed by atoms with Crippen LogP contribution < -0.4 is 0 Å². The van der Waals surface area contributed by atoms with E-state index >= 15 is 0 Å². The van der Waals surface area contributed by atoms with Gasteiger partial charge >= 0.3 is 0 Å². The van der Waals surface area contributed by atoms with Gasteiger partial charge in [-0.3, -0.25) is 14.6 Å². The van der Waals surface area contributed by atoms with Crippen molar-refractivity contribution in [3.05, 3.63) is 0 Å². The highest BCUT2D eigenvalue weighted by atomic mass is 16.2. The molecule has 1 atom stereocenters. The number of rotatable bonds is 4. The van der Waals surface area contributed by atoms with Crippen LogP contribution in [0.3, 0.4) is 0 Å². The molecule has 4 nitrogen and oxygen atoms in total. The van der Waals surface area contributed by atoms with E-state index in [0.717, 1.165) is 44.6 Å². The van der Waals surface area contributed by atoms with Crippen molar-refractivity contribution in [3.63, 3.8) is 0 Å². The molecule has 4 heteroatoms. The molecular formula is C15H27N3O. The summed E-state index contributed by atoms with van der Waals surface area (Å²) in [7, 11) is 0. The Morgan fingerprint density at radius 1 is 1.11 bits per heavy atom. The maximum atomic E-state index is 11.5. The van der Waals surface area contributed by atoms with Crippen molar-refractivity contribution in [2.45, 2.75) is 51.1 Å². The minimum atomic E-state index is 0.363. The Morgan fingerprint density at radius 3 is 2.63 bits per heavy atom. The van der Waals surface area contributed by atoms with Crippen LogP contribution >= 0.6 is 0 Å². The molecule has 3 aliphatic rings.